The van der Waals surface area contributed by atoms with E-state index in [9.17, 15) is 23.3 Å². The number of ether oxygens (including phenoxy) is 3. The van der Waals surface area contributed by atoms with E-state index in [4.69, 9.17) is 9.47 Å². The van der Waals surface area contributed by atoms with E-state index in [1.54, 1.807) is 6.07 Å². The second kappa shape index (κ2) is 8.00. The third-order valence-electron chi connectivity index (χ3n) is 4.96. The van der Waals surface area contributed by atoms with Gasteiger partial charge in [-0.05, 0) is 23.8 Å². The van der Waals surface area contributed by atoms with Gasteiger partial charge >= 0.3 is 6.36 Å². The van der Waals surface area contributed by atoms with Gasteiger partial charge in [0, 0.05) is 26.2 Å². The Morgan fingerprint density at radius 2 is 1.73 bits per heavy atom. The Kier molecular flexibility index (Phi) is 5.39. The smallest absolute Gasteiger partial charge is 0.454 e. The van der Waals surface area contributed by atoms with E-state index in [2.05, 4.69) is 10.1 Å². The molecule has 2 aliphatic heterocycles. The predicted molar refractivity (Wildman–Crippen MR) is 98.6 cm³/mol. The number of nitro groups is 1. The fourth-order valence-electron chi connectivity index (χ4n) is 3.70. The number of hydrogen-bond acceptors (Lipinski definition) is 7. The summed E-state index contributed by atoms with van der Waals surface area (Å²) >= 11 is 0. The van der Waals surface area contributed by atoms with E-state index in [1.807, 2.05) is 4.90 Å². The third-order valence-corrected chi connectivity index (χ3v) is 4.96. The largest absolute Gasteiger partial charge is 0.573 e. The van der Waals surface area contributed by atoms with Crippen LogP contribution in [0.4, 0.5) is 18.9 Å². The summed E-state index contributed by atoms with van der Waals surface area (Å²) in [5.41, 5.74) is 0.849. The molecule has 11 heteroatoms. The average molecular weight is 425 g/mol. The fraction of sp³-hybridized carbons (Fsp3) is 0.368. The maximum atomic E-state index is 12.5. The van der Waals surface area contributed by atoms with Crippen LogP contribution in [0.25, 0.3) is 0 Å². The van der Waals surface area contributed by atoms with Gasteiger partial charge in [-0.3, -0.25) is 15.0 Å². The molecule has 2 aliphatic rings. The first-order chi connectivity index (χ1) is 14.3. The van der Waals surface area contributed by atoms with Crippen molar-refractivity contribution in [3.63, 3.8) is 0 Å². The molecule has 1 atom stereocenters. The van der Waals surface area contributed by atoms with Crippen LogP contribution in [0.2, 0.25) is 0 Å². The van der Waals surface area contributed by atoms with Crippen molar-refractivity contribution >= 4 is 5.69 Å². The third kappa shape index (κ3) is 4.26. The molecular weight excluding hydrogens is 407 g/mol. The van der Waals surface area contributed by atoms with Crippen LogP contribution in [-0.4, -0.2) is 49.2 Å². The van der Waals surface area contributed by atoms with Crippen molar-refractivity contribution in [2.75, 3.05) is 33.0 Å². The number of benzene rings is 2. The molecule has 0 saturated carbocycles. The van der Waals surface area contributed by atoms with Crippen LogP contribution in [0.15, 0.2) is 36.4 Å². The van der Waals surface area contributed by atoms with Gasteiger partial charge in [-0.1, -0.05) is 12.1 Å². The molecule has 1 saturated heterocycles. The highest BCUT2D eigenvalue weighted by Gasteiger charge is 2.34. The van der Waals surface area contributed by atoms with Gasteiger partial charge in [0.25, 0.3) is 5.69 Å². The van der Waals surface area contributed by atoms with Crippen molar-refractivity contribution in [3.05, 3.63) is 57.6 Å². The lowest BCUT2D eigenvalue weighted by molar-refractivity contribution is -0.386. The molecule has 0 aromatic heterocycles. The first-order valence-corrected chi connectivity index (χ1v) is 9.20. The summed E-state index contributed by atoms with van der Waals surface area (Å²) in [5, 5.41) is 15.0. The lowest BCUT2D eigenvalue weighted by Gasteiger charge is -2.35. The number of piperazine rings is 1. The van der Waals surface area contributed by atoms with Crippen LogP contribution in [0.1, 0.15) is 17.2 Å². The molecule has 0 aliphatic carbocycles. The van der Waals surface area contributed by atoms with Crippen LogP contribution >= 0.6 is 0 Å². The molecule has 2 aromatic rings. The summed E-state index contributed by atoms with van der Waals surface area (Å²) in [4.78, 5) is 13.3. The van der Waals surface area contributed by atoms with Crippen molar-refractivity contribution in [3.8, 4) is 17.2 Å². The Bertz CT molecular complexity index is 930. The summed E-state index contributed by atoms with van der Waals surface area (Å²) in [5.74, 6) is 0.330. The fourth-order valence-corrected chi connectivity index (χ4v) is 3.70. The summed E-state index contributed by atoms with van der Waals surface area (Å²) in [6, 6.07) is 7.74. The Balaban J connectivity index is 1.77. The van der Waals surface area contributed by atoms with Gasteiger partial charge in [-0.15, -0.1) is 13.2 Å². The van der Waals surface area contributed by atoms with E-state index in [1.165, 1.54) is 30.3 Å². The van der Waals surface area contributed by atoms with E-state index >= 15 is 0 Å². The van der Waals surface area contributed by atoms with Crippen molar-refractivity contribution in [1.29, 1.82) is 0 Å². The first kappa shape index (κ1) is 20.2. The molecule has 0 spiro atoms. The standard InChI is InChI=1S/C19H18F3N3O5/c20-19(21,22)30-13-3-1-12(2-4-13)18(24-7-5-23-6-8-24)14-9-16-17(29-11-28-16)10-15(14)25(26)27/h1-4,9-10,18,23H,5-8,11H2/t18-/m1/s1. The monoisotopic (exact) mass is 425 g/mol. The quantitative estimate of drug-likeness (QED) is 0.582. The second-order valence-electron chi connectivity index (χ2n) is 6.83. The molecule has 2 heterocycles. The van der Waals surface area contributed by atoms with E-state index in [0.29, 0.717) is 48.8 Å². The molecule has 1 N–H and O–H groups in total. The molecule has 2 aromatic carbocycles. The van der Waals surface area contributed by atoms with E-state index < -0.39 is 17.3 Å². The van der Waals surface area contributed by atoms with Gasteiger partial charge in [0.1, 0.15) is 5.75 Å². The van der Waals surface area contributed by atoms with Gasteiger partial charge in [-0.2, -0.15) is 0 Å². The predicted octanol–water partition coefficient (Wildman–Crippen LogP) is 3.22. The van der Waals surface area contributed by atoms with Gasteiger partial charge < -0.3 is 19.5 Å². The molecule has 0 amide bonds. The first-order valence-electron chi connectivity index (χ1n) is 9.20. The van der Waals surface area contributed by atoms with Gasteiger partial charge in [0.2, 0.25) is 6.79 Å². The summed E-state index contributed by atoms with van der Waals surface area (Å²) < 4.78 is 52.1. The number of nitrogens with one attached hydrogen (secondary N) is 1. The van der Waals surface area contributed by atoms with Crippen molar-refractivity contribution < 1.29 is 32.3 Å². The summed E-state index contributed by atoms with van der Waals surface area (Å²) in [6.07, 6.45) is -4.80. The zero-order chi connectivity index (χ0) is 21.3. The molecule has 1 fully saturated rings. The highest BCUT2D eigenvalue weighted by atomic mass is 19.4. The van der Waals surface area contributed by atoms with Crippen molar-refractivity contribution in [2.45, 2.75) is 12.4 Å². The van der Waals surface area contributed by atoms with Gasteiger partial charge in [-0.25, -0.2) is 0 Å². The van der Waals surface area contributed by atoms with Crippen LogP contribution in [0.5, 0.6) is 17.2 Å². The maximum Gasteiger partial charge on any atom is 0.573 e. The molecular formula is C19H18F3N3O5. The lowest BCUT2D eigenvalue weighted by atomic mass is 9.94. The normalized spacial score (nSPS) is 17.6. The van der Waals surface area contributed by atoms with E-state index in [0.717, 1.165) is 0 Å². The zero-order valence-electron chi connectivity index (χ0n) is 15.6. The summed E-state index contributed by atoms with van der Waals surface area (Å²) in [7, 11) is 0. The highest BCUT2D eigenvalue weighted by molar-refractivity contribution is 5.58. The number of nitro benzene ring substituents is 1. The molecule has 0 unspecified atom stereocenters. The summed E-state index contributed by atoms with van der Waals surface area (Å²) in [6.45, 7) is 2.56. The minimum Gasteiger partial charge on any atom is -0.454 e. The van der Waals surface area contributed by atoms with E-state index in [-0.39, 0.29) is 18.2 Å². The highest BCUT2D eigenvalue weighted by Crippen LogP contribution is 2.43. The minimum absolute atomic E-state index is 0.0300. The number of halogens is 3. The topological polar surface area (TPSA) is 86.1 Å². The zero-order valence-corrected chi connectivity index (χ0v) is 15.6. The van der Waals surface area contributed by atoms with Crippen molar-refractivity contribution in [2.24, 2.45) is 0 Å². The number of fused-ring (bicyclic) bond motifs is 1. The minimum atomic E-state index is -4.80. The van der Waals surface area contributed by atoms with Crippen LogP contribution in [0, 0.1) is 10.1 Å². The Hall–Kier alpha value is -3.05. The van der Waals surface area contributed by atoms with Crippen molar-refractivity contribution in [1.82, 2.24) is 10.2 Å². The molecule has 0 bridgehead atoms. The SMILES string of the molecule is O=[N+]([O-])c1cc2c(cc1[C@@H](c1ccc(OC(F)(F)F)cc1)N1CCNCC1)OCO2. The second-order valence-corrected chi connectivity index (χ2v) is 6.83. The average Bonchev–Trinajstić information content (AvgIpc) is 3.16. The van der Waals surface area contributed by atoms with Crippen LogP contribution < -0.4 is 19.5 Å². The number of rotatable bonds is 5. The number of nitrogens with zero attached hydrogens (tertiary/aromatic N) is 2. The Morgan fingerprint density at radius 3 is 2.33 bits per heavy atom. The Labute approximate surface area is 169 Å². The molecule has 160 valence electrons. The molecule has 0 radical (unpaired) electrons. The number of hydrogen-bond donors (Lipinski definition) is 1. The molecule has 30 heavy (non-hydrogen) atoms. The molecule has 4 rings (SSSR count). The Morgan fingerprint density at radius 1 is 1.10 bits per heavy atom. The maximum absolute atomic E-state index is 12.5. The lowest BCUT2D eigenvalue weighted by Crippen LogP contribution is -2.45. The number of alkyl halides is 3. The van der Waals surface area contributed by atoms with Gasteiger partial charge in [0.05, 0.1) is 22.6 Å². The molecule has 8 nitrogen and oxygen atoms in total. The van der Waals surface area contributed by atoms with Gasteiger partial charge in [0.15, 0.2) is 11.5 Å². The van der Waals surface area contributed by atoms with Crippen LogP contribution in [0.3, 0.4) is 0 Å². The van der Waals surface area contributed by atoms with Crippen LogP contribution in [-0.2, 0) is 0 Å².